The molecule has 0 amide bonds. The smallest absolute Gasteiger partial charge is 0.150 e. The molecule has 12 heavy (non-hydrogen) atoms. The number of hydrogen-bond acceptors (Lipinski definition) is 2. The summed E-state index contributed by atoms with van der Waals surface area (Å²) in [5, 5.41) is 4.77. The Kier molecular flexibility index (Phi) is 2.33. The van der Waals surface area contributed by atoms with Crippen molar-refractivity contribution in [3.63, 3.8) is 0 Å². The van der Waals surface area contributed by atoms with Gasteiger partial charge in [-0.3, -0.25) is 0 Å². The van der Waals surface area contributed by atoms with Crippen molar-refractivity contribution in [3.8, 4) is 0 Å². The minimum absolute atomic E-state index is 0.103. The van der Waals surface area contributed by atoms with Gasteiger partial charge in [-0.25, -0.2) is 4.68 Å². The van der Waals surface area contributed by atoms with Crippen molar-refractivity contribution >= 4 is 11.6 Å². The van der Waals surface area contributed by atoms with Crippen molar-refractivity contribution in [2.75, 3.05) is 6.61 Å². The number of rotatable bonds is 1. The minimum atomic E-state index is 0.103. The average molecular weight is 187 g/mol. The average Bonchev–Trinajstić information content (AvgIpc) is 2.54. The number of nitrogens with zero attached hydrogens (tertiary/aromatic N) is 2. The van der Waals surface area contributed by atoms with Crippen LogP contribution in [0.4, 0.5) is 0 Å². The lowest BCUT2D eigenvalue weighted by atomic mass is 10.2. The topological polar surface area (TPSA) is 27.1 Å². The van der Waals surface area contributed by atoms with E-state index >= 15 is 0 Å². The van der Waals surface area contributed by atoms with E-state index in [1.165, 1.54) is 6.42 Å². The van der Waals surface area contributed by atoms with Crippen molar-refractivity contribution in [1.29, 1.82) is 0 Å². The van der Waals surface area contributed by atoms with Gasteiger partial charge < -0.3 is 4.74 Å². The predicted molar refractivity (Wildman–Crippen MR) is 46.1 cm³/mol. The van der Waals surface area contributed by atoms with E-state index in [1.54, 1.807) is 17.1 Å². The summed E-state index contributed by atoms with van der Waals surface area (Å²) in [6.07, 6.45) is 6.95. The van der Waals surface area contributed by atoms with Gasteiger partial charge in [0.25, 0.3) is 0 Å². The fraction of sp³-hybridized carbons (Fsp3) is 0.625. The third-order valence-electron chi connectivity index (χ3n) is 2.02. The van der Waals surface area contributed by atoms with E-state index in [-0.39, 0.29) is 6.23 Å². The Labute approximate surface area is 76.3 Å². The molecule has 4 heteroatoms. The molecule has 2 rings (SSSR count). The highest BCUT2D eigenvalue weighted by molar-refractivity contribution is 6.30. The Hall–Kier alpha value is -0.540. The van der Waals surface area contributed by atoms with Crippen LogP contribution in [0.2, 0.25) is 5.02 Å². The molecular weight excluding hydrogens is 176 g/mol. The summed E-state index contributed by atoms with van der Waals surface area (Å²) >= 11 is 5.74. The summed E-state index contributed by atoms with van der Waals surface area (Å²) < 4.78 is 7.31. The molecule has 0 radical (unpaired) electrons. The van der Waals surface area contributed by atoms with Gasteiger partial charge in [0.15, 0.2) is 0 Å². The monoisotopic (exact) mass is 186 g/mol. The molecule has 66 valence electrons. The van der Waals surface area contributed by atoms with Crippen molar-refractivity contribution < 1.29 is 4.74 Å². The van der Waals surface area contributed by atoms with Gasteiger partial charge in [0.2, 0.25) is 0 Å². The number of halogens is 1. The first-order chi connectivity index (χ1) is 5.86. The quantitative estimate of drug-likeness (QED) is 0.673. The molecule has 1 aromatic rings. The van der Waals surface area contributed by atoms with Crippen LogP contribution >= 0.6 is 11.6 Å². The molecule has 1 fully saturated rings. The molecule has 0 bridgehead atoms. The van der Waals surface area contributed by atoms with E-state index < -0.39 is 0 Å². The number of ether oxygens (including phenoxy) is 1. The van der Waals surface area contributed by atoms with E-state index in [4.69, 9.17) is 16.3 Å². The highest BCUT2D eigenvalue weighted by atomic mass is 35.5. The summed E-state index contributed by atoms with van der Waals surface area (Å²) in [5.74, 6) is 0. The second kappa shape index (κ2) is 3.46. The van der Waals surface area contributed by atoms with E-state index in [9.17, 15) is 0 Å². The zero-order valence-electron chi connectivity index (χ0n) is 6.74. The SMILES string of the molecule is Clc1cnn(C2CCCCO2)c1. The van der Waals surface area contributed by atoms with Crippen LogP contribution in [-0.4, -0.2) is 16.4 Å². The van der Waals surface area contributed by atoms with Crippen molar-refractivity contribution in [2.24, 2.45) is 0 Å². The Morgan fingerprint density at radius 3 is 3.08 bits per heavy atom. The van der Waals surface area contributed by atoms with Crippen LogP contribution in [0.3, 0.4) is 0 Å². The zero-order valence-corrected chi connectivity index (χ0v) is 7.50. The van der Waals surface area contributed by atoms with E-state index in [1.807, 2.05) is 0 Å². The fourth-order valence-corrected chi connectivity index (χ4v) is 1.55. The van der Waals surface area contributed by atoms with Gasteiger partial charge in [0.1, 0.15) is 6.23 Å². The lowest BCUT2D eigenvalue weighted by molar-refractivity contribution is -0.0394. The molecule has 1 atom stereocenters. The molecule has 1 aliphatic heterocycles. The third kappa shape index (κ3) is 1.62. The molecule has 1 aliphatic rings. The van der Waals surface area contributed by atoms with E-state index in [0.29, 0.717) is 5.02 Å². The second-order valence-corrected chi connectivity index (χ2v) is 3.40. The molecule has 0 aromatic carbocycles. The van der Waals surface area contributed by atoms with Gasteiger partial charge in [-0.15, -0.1) is 0 Å². The molecule has 1 aromatic heterocycles. The van der Waals surface area contributed by atoms with Gasteiger partial charge in [0, 0.05) is 12.8 Å². The summed E-state index contributed by atoms with van der Waals surface area (Å²) in [4.78, 5) is 0. The third-order valence-corrected chi connectivity index (χ3v) is 2.22. The van der Waals surface area contributed by atoms with Crippen LogP contribution < -0.4 is 0 Å². The van der Waals surface area contributed by atoms with Crippen LogP contribution in [0.15, 0.2) is 12.4 Å². The fourth-order valence-electron chi connectivity index (χ4n) is 1.40. The largest absolute Gasteiger partial charge is 0.357 e. The molecular formula is C8H11ClN2O. The van der Waals surface area contributed by atoms with Crippen LogP contribution in [0.5, 0.6) is 0 Å². The Morgan fingerprint density at radius 1 is 1.58 bits per heavy atom. The molecule has 0 N–H and O–H groups in total. The van der Waals surface area contributed by atoms with Gasteiger partial charge >= 0.3 is 0 Å². The van der Waals surface area contributed by atoms with Gasteiger partial charge in [0.05, 0.1) is 11.2 Å². The molecule has 0 spiro atoms. The van der Waals surface area contributed by atoms with Crippen LogP contribution in [0, 0.1) is 0 Å². The van der Waals surface area contributed by atoms with Gasteiger partial charge in [-0.2, -0.15) is 5.10 Å². The van der Waals surface area contributed by atoms with Crippen LogP contribution in [0.1, 0.15) is 25.5 Å². The van der Waals surface area contributed by atoms with Crippen molar-refractivity contribution in [2.45, 2.75) is 25.5 Å². The van der Waals surface area contributed by atoms with Crippen molar-refractivity contribution in [3.05, 3.63) is 17.4 Å². The highest BCUT2D eigenvalue weighted by Crippen LogP contribution is 2.22. The summed E-state index contributed by atoms with van der Waals surface area (Å²) in [6, 6.07) is 0. The van der Waals surface area contributed by atoms with Crippen LogP contribution in [-0.2, 0) is 4.74 Å². The standard InChI is InChI=1S/C8H11ClN2O/c9-7-5-10-11(6-7)8-3-1-2-4-12-8/h5-6,8H,1-4H2. The van der Waals surface area contributed by atoms with Crippen molar-refractivity contribution in [1.82, 2.24) is 9.78 Å². The van der Waals surface area contributed by atoms with Gasteiger partial charge in [-0.05, 0) is 19.3 Å². The molecule has 0 saturated carbocycles. The Morgan fingerprint density at radius 2 is 2.50 bits per heavy atom. The van der Waals surface area contributed by atoms with Crippen LogP contribution in [0.25, 0.3) is 0 Å². The predicted octanol–water partition coefficient (Wildman–Crippen LogP) is 2.24. The maximum absolute atomic E-state index is 5.74. The van der Waals surface area contributed by atoms with E-state index in [0.717, 1.165) is 19.4 Å². The molecule has 1 saturated heterocycles. The minimum Gasteiger partial charge on any atom is -0.357 e. The first-order valence-corrected chi connectivity index (χ1v) is 4.55. The molecule has 3 nitrogen and oxygen atoms in total. The molecule has 1 unspecified atom stereocenters. The Balaban J connectivity index is 2.08. The van der Waals surface area contributed by atoms with E-state index in [2.05, 4.69) is 5.10 Å². The zero-order chi connectivity index (χ0) is 8.39. The normalized spacial score (nSPS) is 24.2. The maximum atomic E-state index is 5.74. The first-order valence-electron chi connectivity index (χ1n) is 4.17. The summed E-state index contributed by atoms with van der Waals surface area (Å²) in [6.45, 7) is 0.835. The maximum Gasteiger partial charge on any atom is 0.150 e. The van der Waals surface area contributed by atoms with Gasteiger partial charge in [-0.1, -0.05) is 11.6 Å². The first kappa shape index (κ1) is 8.08. The lowest BCUT2D eigenvalue weighted by Crippen LogP contribution is -2.18. The lowest BCUT2D eigenvalue weighted by Gasteiger charge is -2.22. The number of aromatic nitrogens is 2. The Bertz CT molecular complexity index is 255. The number of hydrogen-bond donors (Lipinski definition) is 0. The second-order valence-electron chi connectivity index (χ2n) is 2.96. The summed E-state index contributed by atoms with van der Waals surface area (Å²) in [7, 11) is 0. The summed E-state index contributed by atoms with van der Waals surface area (Å²) in [5.41, 5.74) is 0. The molecule has 2 heterocycles. The molecule has 0 aliphatic carbocycles. The highest BCUT2D eigenvalue weighted by Gasteiger charge is 2.15.